The van der Waals surface area contributed by atoms with Gasteiger partial charge in [0.1, 0.15) is 0 Å². The molecule has 3 N–H and O–H groups in total. The number of primary amides is 1. The average molecular weight is 266 g/mol. The van der Waals surface area contributed by atoms with Crippen LogP contribution in [-0.2, 0) is 17.5 Å². The number of carbonyl (C=O) groups is 2. The Hall–Kier alpha value is -2.13. The largest absolute Gasteiger partial charge is 0.476 e. The summed E-state index contributed by atoms with van der Waals surface area (Å²) in [6.45, 7) is 0.801. The second-order valence-corrected chi connectivity index (χ2v) is 3.58. The highest BCUT2D eigenvalue weighted by Gasteiger charge is 2.41. The predicted molar refractivity (Wildman–Crippen MR) is 50.3 cm³/mol. The molecule has 0 aliphatic carbocycles. The van der Waals surface area contributed by atoms with Crippen molar-refractivity contribution >= 4 is 11.9 Å². The number of carboxylic acid groups (broad SMARTS) is 1. The first-order chi connectivity index (χ1) is 8.14. The van der Waals surface area contributed by atoms with Crippen molar-refractivity contribution in [3.63, 3.8) is 0 Å². The van der Waals surface area contributed by atoms with Crippen LogP contribution < -0.4 is 5.73 Å². The number of aromatic carboxylic acids is 1. The van der Waals surface area contributed by atoms with E-state index in [1.165, 1.54) is 6.92 Å². The predicted octanol–water partition coefficient (Wildman–Crippen LogP) is 0.116. The molecule has 0 aliphatic heterocycles. The summed E-state index contributed by atoms with van der Waals surface area (Å²) in [6, 6.07) is 0. The van der Waals surface area contributed by atoms with E-state index in [4.69, 9.17) is 10.8 Å². The van der Waals surface area contributed by atoms with E-state index in [1.807, 2.05) is 0 Å². The summed E-state index contributed by atoms with van der Waals surface area (Å²) in [5.74, 6) is -3.61. The Morgan fingerprint density at radius 2 is 2.06 bits per heavy atom. The normalized spacial score (nSPS) is 13.3. The fourth-order valence-electron chi connectivity index (χ4n) is 1.21. The van der Waals surface area contributed by atoms with Gasteiger partial charge in [0.05, 0.1) is 12.5 Å². The van der Waals surface area contributed by atoms with Gasteiger partial charge in [-0.1, -0.05) is 12.1 Å². The Bertz CT molecular complexity index is 482. The first kappa shape index (κ1) is 13.9. The van der Waals surface area contributed by atoms with Crippen molar-refractivity contribution in [1.29, 1.82) is 0 Å². The van der Waals surface area contributed by atoms with Crippen molar-refractivity contribution in [2.75, 3.05) is 0 Å². The fraction of sp³-hybridized carbons (Fsp3) is 0.500. The monoisotopic (exact) mass is 266 g/mol. The van der Waals surface area contributed by atoms with Crippen LogP contribution in [0.3, 0.4) is 0 Å². The van der Waals surface area contributed by atoms with Crippen LogP contribution in [0.5, 0.6) is 0 Å². The van der Waals surface area contributed by atoms with Crippen molar-refractivity contribution < 1.29 is 27.9 Å². The van der Waals surface area contributed by atoms with Gasteiger partial charge >= 0.3 is 12.1 Å². The van der Waals surface area contributed by atoms with E-state index in [0.29, 0.717) is 4.68 Å². The number of rotatable bonds is 4. The summed E-state index contributed by atoms with van der Waals surface area (Å²) in [4.78, 5) is 21.4. The third-order valence-corrected chi connectivity index (χ3v) is 2.14. The number of carbonyl (C=O) groups excluding carboxylic acids is 1. The smallest absolute Gasteiger partial charge is 0.435 e. The molecule has 0 aliphatic rings. The summed E-state index contributed by atoms with van der Waals surface area (Å²) in [7, 11) is 0. The highest BCUT2D eigenvalue weighted by atomic mass is 19.4. The lowest BCUT2D eigenvalue weighted by atomic mass is 10.1. The maximum atomic E-state index is 12.7. The summed E-state index contributed by atoms with van der Waals surface area (Å²) in [5, 5.41) is 14.6. The molecule has 10 heteroatoms. The number of carboxylic acids is 1. The Labute approximate surface area is 98.4 Å². The van der Waals surface area contributed by atoms with Gasteiger partial charge in [0, 0.05) is 0 Å². The Balaban J connectivity index is 3.21. The van der Waals surface area contributed by atoms with Gasteiger partial charge < -0.3 is 10.8 Å². The van der Waals surface area contributed by atoms with Crippen LogP contribution in [0, 0.1) is 5.92 Å². The SMILES string of the molecule is CC(Cn1nnc(C(=O)O)c1C(F)(F)F)C(N)=O. The summed E-state index contributed by atoms with van der Waals surface area (Å²) >= 11 is 0. The molecule has 1 amide bonds. The summed E-state index contributed by atoms with van der Waals surface area (Å²) in [5.41, 5.74) is 2.19. The van der Waals surface area contributed by atoms with Crippen LogP contribution in [0.2, 0.25) is 0 Å². The van der Waals surface area contributed by atoms with E-state index in [1.54, 1.807) is 0 Å². The van der Waals surface area contributed by atoms with Crippen LogP contribution in [0.4, 0.5) is 13.2 Å². The molecule has 0 saturated heterocycles. The number of nitrogens with zero attached hydrogens (tertiary/aromatic N) is 3. The van der Waals surface area contributed by atoms with Gasteiger partial charge in [-0.3, -0.25) is 4.79 Å². The van der Waals surface area contributed by atoms with Gasteiger partial charge in [-0.25, -0.2) is 9.48 Å². The quantitative estimate of drug-likeness (QED) is 0.803. The molecule has 1 atom stereocenters. The van der Waals surface area contributed by atoms with Crippen molar-refractivity contribution in [3.05, 3.63) is 11.4 Å². The van der Waals surface area contributed by atoms with Crippen LogP contribution in [-0.4, -0.2) is 32.0 Å². The van der Waals surface area contributed by atoms with E-state index in [-0.39, 0.29) is 0 Å². The molecule has 7 nitrogen and oxygen atoms in total. The average Bonchev–Trinajstić information content (AvgIpc) is 2.60. The van der Waals surface area contributed by atoms with Gasteiger partial charge in [-0.15, -0.1) is 5.10 Å². The number of alkyl halides is 3. The van der Waals surface area contributed by atoms with Crippen LogP contribution in [0.15, 0.2) is 0 Å². The molecular formula is C8H9F3N4O3. The zero-order valence-electron chi connectivity index (χ0n) is 9.10. The van der Waals surface area contributed by atoms with Gasteiger partial charge in [0.15, 0.2) is 5.69 Å². The van der Waals surface area contributed by atoms with E-state index in [9.17, 15) is 22.8 Å². The first-order valence-electron chi connectivity index (χ1n) is 4.68. The maximum absolute atomic E-state index is 12.7. The number of aromatic nitrogens is 3. The lowest BCUT2D eigenvalue weighted by Crippen LogP contribution is -2.27. The minimum absolute atomic E-state index is 0.318. The fourth-order valence-corrected chi connectivity index (χ4v) is 1.21. The van der Waals surface area contributed by atoms with Crippen LogP contribution in [0.1, 0.15) is 23.1 Å². The molecule has 0 fully saturated rings. The zero-order valence-corrected chi connectivity index (χ0v) is 9.10. The highest BCUT2D eigenvalue weighted by molar-refractivity contribution is 5.86. The molecule has 0 saturated carbocycles. The lowest BCUT2D eigenvalue weighted by molar-refractivity contribution is -0.145. The minimum Gasteiger partial charge on any atom is -0.476 e. The molecule has 0 aromatic carbocycles. The number of halogens is 3. The van der Waals surface area contributed by atoms with Crippen LogP contribution in [0.25, 0.3) is 0 Å². The molecule has 18 heavy (non-hydrogen) atoms. The number of amides is 1. The molecular weight excluding hydrogens is 257 g/mol. The topological polar surface area (TPSA) is 111 Å². The van der Waals surface area contributed by atoms with Gasteiger partial charge in [-0.05, 0) is 0 Å². The van der Waals surface area contributed by atoms with Crippen molar-refractivity contribution in [2.24, 2.45) is 11.7 Å². The summed E-state index contributed by atoms with van der Waals surface area (Å²) < 4.78 is 38.3. The van der Waals surface area contributed by atoms with Crippen molar-refractivity contribution in [2.45, 2.75) is 19.6 Å². The Morgan fingerprint density at radius 1 is 1.50 bits per heavy atom. The molecule has 1 unspecified atom stereocenters. The van der Waals surface area contributed by atoms with E-state index >= 15 is 0 Å². The van der Waals surface area contributed by atoms with Crippen molar-refractivity contribution in [1.82, 2.24) is 15.0 Å². The Morgan fingerprint density at radius 3 is 2.44 bits per heavy atom. The second kappa shape index (κ2) is 4.63. The van der Waals surface area contributed by atoms with E-state index in [2.05, 4.69) is 10.3 Å². The standard InChI is InChI=1S/C8H9F3N4O3/c1-3(6(12)16)2-15-5(8(9,10)11)4(7(17)18)13-14-15/h3H,2H2,1H3,(H2,12,16)(H,17,18). The first-order valence-corrected chi connectivity index (χ1v) is 4.68. The van der Waals surface area contributed by atoms with Gasteiger partial charge in [0.25, 0.3) is 0 Å². The van der Waals surface area contributed by atoms with Crippen LogP contribution >= 0.6 is 0 Å². The molecule has 1 aromatic heterocycles. The molecule has 100 valence electrons. The third kappa shape index (κ3) is 2.76. The minimum atomic E-state index is -4.94. The molecule has 0 radical (unpaired) electrons. The van der Waals surface area contributed by atoms with Gasteiger partial charge in [-0.2, -0.15) is 13.2 Å². The molecule has 0 spiro atoms. The number of nitrogens with two attached hydrogens (primary N) is 1. The highest BCUT2D eigenvalue weighted by Crippen LogP contribution is 2.31. The molecule has 1 aromatic rings. The number of hydrogen-bond donors (Lipinski definition) is 2. The molecule has 1 heterocycles. The second-order valence-electron chi connectivity index (χ2n) is 3.58. The van der Waals surface area contributed by atoms with E-state index < -0.39 is 41.9 Å². The molecule has 0 bridgehead atoms. The lowest BCUT2D eigenvalue weighted by Gasteiger charge is -2.12. The van der Waals surface area contributed by atoms with E-state index in [0.717, 1.165) is 0 Å². The van der Waals surface area contributed by atoms with Gasteiger partial charge in [0.2, 0.25) is 11.6 Å². The maximum Gasteiger partial charge on any atom is 0.435 e. The van der Waals surface area contributed by atoms with Crippen molar-refractivity contribution in [3.8, 4) is 0 Å². The zero-order chi connectivity index (χ0) is 14.1. The number of hydrogen-bond acceptors (Lipinski definition) is 4. The Kier molecular flexibility index (Phi) is 3.58. The molecule has 1 rings (SSSR count). The third-order valence-electron chi connectivity index (χ3n) is 2.14. The summed E-state index contributed by atoms with van der Waals surface area (Å²) in [6.07, 6.45) is -4.94.